The van der Waals surface area contributed by atoms with Gasteiger partial charge in [0.2, 0.25) is 0 Å². The molecule has 1 aliphatic rings. The minimum atomic E-state index is -0.354. The van der Waals surface area contributed by atoms with Gasteiger partial charge in [0.1, 0.15) is 11.5 Å². The summed E-state index contributed by atoms with van der Waals surface area (Å²) in [6.45, 7) is 8.78. The van der Waals surface area contributed by atoms with Gasteiger partial charge >= 0.3 is 0 Å². The maximum absolute atomic E-state index is 13.7. The number of aromatic hydroxyl groups is 1. The van der Waals surface area contributed by atoms with E-state index in [1.165, 1.54) is 0 Å². The van der Waals surface area contributed by atoms with Gasteiger partial charge in [-0.25, -0.2) is 0 Å². The standard InChI is InChI=1S/C24H28ClN3O3/c1-3-26-10-12-27(13-11-26)23(18-6-8-19(25)9-7-18)22-21(29)15-17(2)28(24(22)30)16-20-5-4-14-31-20/h4-9,14-15,23,29H,3,10-13,16H2,1-2H3. The fourth-order valence-electron chi connectivity index (χ4n) is 4.32. The molecule has 4 rings (SSSR count). The highest BCUT2D eigenvalue weighted by Gasteiger charge is 2.31. The highest BCUT2D eigenvalue weighted by Crippen LogP contribution is 2.34. The van der Waals surface area contributed by atoms with Gasteiger partial charge in [-0.15, -0.1) is 0 Å². The smallest absolute Gasteiger partial charge is 0.260 e. The Hall–Kier alpha value is -2.54. The number of halogens is 1. The Bertz CT molecular complexity index is 1070. The molecule has 164 valence electrons. The SMILES string of the molecule is CCN1CCN(C(c2ccc(Cl)cc2)c2c(O)cc(C)n(Cc3ccco3)c2=O)CC1. The Morgan fingerprint density at radius 3 is 2.45 bits per heavy atom. The third kappa shape index (κ3) is 4.56. The zero-order chi connectivity index (χ0) is 22.0. The van der Waals surface area contributed by atoms with Crippen LogP contribution in [0.5, 0.6) is 5.75 Å². The van der Waals surface area contributed by atoms with Crippen molar-refractivity contribution < 1.29 is 9.52 Å². The van der Waals surface area contributed by atoms with Crippen LogP contribution in [-0.2, 0) is 6.54 Å². The monoisotopic (exact) mass is 441 g/mol. The van der Waals surface area contributed by atoms with Crippen LogP contribution < -0.4 is 5.56 Å². The van der Waals surface area contributed by atoms with E-state index in [9.17, 15) is 9.90 Å². The average Bonchev–Trinajstić information content (AvgIpc) is 3.28. The molecule has 1 atom stereocenters. The van der Waals surface area contributed by atoms with Gasteiger partial charge < -0.3 is 19.0 Å². The van der Waals surface area contributed by atoms with E-state index in [1.54, 1.807) is 23.0 Å². The molecule has 3 aromatic rings. The molecule has 1 aliphatic heterocycles. The second-order valence-electron chi connectivity index (χ2n) is 7.98. The van der Waals surface area contributed by atoms with E-state index in [0.717, 1.165) is 38.3 Å². The molecule has 2 aromatic heterocycles. The van der Waals surface area contributed by atoms with E-state index in [-0.39, 0.29) is 17.4 Å². The van der Waals surface area contributed by atoms with E-state index in [2.05, 4.69) is 16.7 Å². The van der Waals surface area contributed by atoms with Crippen LogP contribution in [0, 0.1) is 6.92 Å². The molecule has 1 saturated heterocycles. The Labute approximate surface area is 187 Å². The van der Waals surface area contributed by atoms with Gasteiger partial charge in [-0.2, -0.15) is 0 Å². The largest absolute Gasteiger partial charge is 0.507 e. The van der Waals surface area contributed by atoms with Crippen molar-refractivity contribution in [3.63, 3.8) is 0 Å². The zero-order valence-corrected chi connectivity index (χ0v) is 18.7. The van der Waals surface area contributed by atoms with E-state index in [0.29, 0.717) is 28.6 Å². The maximum atomic E-state index is 13.7. The topological polar surface area (TPSA) is 61.9 Å². The van der Waals surface area contributed by atoms with Gasteiger partial charge in [0.05, 0.1) is 24.4 Å². The number of benzene rings is 1. The third-order valence-electron chi connectivity index (χ3n) is 6.10. The molecule has 0 amide bonds. The predicted molar refractivity (Wildman–Crippen MR) is 122 cm³/mol. The van der Waals surface area contributed by atoms with Gasteiger partial charge in [0.25, 0.3) is 5.56 Å². The number of likely N-dealkylation sites (N-methyl/N-ethyl adjacent to an activating group) is 1. The minimum Gasteiger partial charge on any atom is -0.507 e. The van der Waals surface area contributed by atoms with Crippen LogP contribution in [0.15, 0.2) is 57.9 Å². The summed E-state index contributed by atoms with van der Waals surface area (Å²) in [5.41, 5.74) is 1.82. The maximum Gasteiger partial charge on any atom is 0.260 e. The van der Waals surface area contributed by atoms with Crippen LogP contribution in [0.2, 0.25) is 5.02 Å². The molecular weight excluding hydrogens is 414 g/mol. The Morgan fingerprint density at radius 2 is 1.84 bits per heavy atom. The highest BCUT2D eigenvalue weighted by molar-refractivity contribution is 6.30. The number of piperazine rings is 1. The van der Waals surface area contributed by atoms with Crippen molar-refractivity contribution >= 4 is 11.6 Å². The summed E-state index contributed by atoms with van der Waals surface area (Å²) in [6, 6.07) is 12.5. The van der Waals surface area contributed by atoms with Crippen molar-refractivity contribution in [1.29, 1.82) is 0 Å². The van der Waals surface area contributed by atoms with Crippen molar-refractivity contribution in [2.24, 2.45) is 0 Å². The molecule has 31 heavy (non-hydrogen) atoms. The lowest BCUT2D eigenvalue weighted by Gasteiger charge is -2.39. The predicted octanol–water partition coefficient (Wildman–Crippen LogP) is 3.88. The molecule has 0 bridgehead atoms. The van der Waals surface area contributed by atoms with Crippen molar-refractivity contribution in [2.75, 3.05) is 32.7 Å². The molecular formula is C24H28ClN3O3. The van der Waals surface area contributed by atoms with Crippen molar-refractivity contribution in [3.8, 4) is 5.75 Å². The number of furan rings is 1. The van der Waals surface area contributed by atoms with Crippen molar-refractivity contribution in [3.05, 3.63) is 86.7 Å². The number of aromatic nitrogens is 1. The number of hydrogen-bond donors (Lipinski definition) is 1. The summed E-state index contributed by atoms with van der Waals surface area (Å²) in [5.74, 6) is 0.720. The second kappa shape index (κ2) is 9.30. The molecule has 1 unspecified atom stereocenters. The van der Waals surface area contributed by atoms with Crippen LogP contribution in [0.25, 0.3) is 0 Å². The first-order valence-electron chi connectivity index (χ1n) is 10.7. The first-order chi connectivity index (χ1) is 15.0. The number of nitrogens with zero attached hydrogens (tertiary/aromatic N) is 3. The molecule has 0 radical (unpaired) electrons. The van der Waals surface area contributed by atoms with E-state index < -0.39 is 0 Å². The quantitative estimate of drug-likeness (QED) is 0.629. The summed E-state index contributed by atoms with van der Waals surface area (Å²) >= 11 is 6.13. The van der Waals surface area contributed by atoms with Crippen LogP contribution in [0.1, 0.15) is 35.5 Å². The first kappa shape index (κ1) is 21.7. The molecule has 0 saturated carbocycles. The lowest BCUT2D eigenvalue weighted by Crippen LogP contribution is -2.48. The third-order valence-corrected chi connectivity index (χ3v) is 6.35. The van der Waals surface area contributed by atoms with Gasteiger partial charge in [-0.3, -0.25) is 9.69 Å². The van der Waals surface area contributed by atoms with E-state index in [4.69, 9.17) is 16.0 Å². The molecule has 1 fully saturated rings. The minimum absolute atomic E-state index is 0.0241. The summed E-state index contributed by atoms with van der Waals surface area (Å²) < 4.78 is 7.13. The van der Waals surface area contributed by atoms with Crippen LogP contribution in [0.3, 0.4) is 0 Å². The van der Waals surface area contributed by atoms with Crippen LogP contribution in [-0.4, -0.2) is 52.2 Å². The zero-order valence-electron chi connectivity index (χ0n) is 17.9. The normalized spacial score (nSPS) is 16.5. The molecule has 1 N–H and O–H groups in total. The van der Waals surface area contributed by atoms with Gasteiger partial charge in [-0.1, -0.05) is 30.7 Å². The number of hydrogen-bond acceptors (Lipinski definition) is 5. The fraction of sp³-hybridized carbons (Fsp3) is 0.375. The van der Waals surface area contributed by atoms with Crippen LogP contribution >= 0.6 is 11.6 Å². The number of pyridine rings is 1. The van der Waals surface area contributed by atoms with Crippen molar-refractivity contribution in [1.82, 2.24) is 14.4 Å². The van der Waals surface area contributed by atoms with Gasteiger partial charge in [-0.05, 0) is 49.4 Å². The summed E-state index contributed by atoms with van der Waals surface area (Å²) in [6.07, 6.45) is 1.60. The van der Waals surface area contributed by atoms with E-state index in [1.807, 2.05) is 37.3 Å². The Balaban J connectivity index is 1.80. The van der Waals surface area contributed by atoms with Gasteiger partial charge in [0, 0.05) is 36.9 Å². The highest BCUT2D eigenvalue weighted by atomic mass is 35.5. The van der Waals surface area contributed by atoms with Crippen molar-refractivity contribution in [2.45, 2.75) is 26.4 Å². The molecule has 0 aliphatic carbocycles. The molecule has 1 aromatic carbocycles. The molecule has 6 nitrogen and oxygen atoms in total. The first-order valence-corrected chi connectivity index (χ1v) is 11.0. The van der Waals surface area contributed by atoms with Crippen LogP contribution in [0.4, 0.5) is 0 Å². The molecule has 3 heterocycles. The summed E-state index contributed by atoms with van der Waals surface area (Å²) in [7, 11) is 0. The Kier molecular flexibility index (Phi) is 6.51. The van der Waals surface area contributed by atoms with Gasteiger partial charge in [0.15, 0.2) is 0 Å². The summed E-state index contributed by atoms with van der Waals surface area (Å²) in [4.78, 5) is 18.3. The molecule has 7 heteroatoms. The summed E-state index contributed by atoms with van der Waals surface area (Å²) in [5, 5.41) is 11.6. The number of rotatable bonds is 6. The van der Waals surface area contributed by atoms with E-state index >= 15 is 0 Å². The Morgan fingerprint density at radius 1 is 1.13 bits per heavy atom. The fourth-order valence-corrected chi connectivity index (χ4v) is 4.45. The molecule has 0 spiro atoms. The second-order valence-corrected chi connectivity index (χ2v) is 8.42. The lowest BCUT2D eigenvalue weighted by molar-refractivity contribution is 0.111. The lowest BCUT2D eigenvalue weighted by atomic mass is 9.96. The average molecular weight is 442 g/mol. The number of aryl methyl sites for hydroxylation is 1.